The first-order chi connectivity index (χ1) is 18.8. The second kappa shape index (κ2) is 11.6. The number of ether oxygens (including phenoxy) is 3. The van der Waals surface area contributed by atoms with E-state index in [4.69, 9.17) is 14.2 Å². The molecule has 10 heteroatoms. The fourth-order valence-corrected chi connectivity index (χ4v) is 6.15. The van der Waals surface area contributed by atoms with E-state index in [0.29, 0.717) is 23.7 Å². The second-order valence-corrected chi connectivity index (χ2v) is 11.6. The molecule has 1 amide bonds. The quantitative estimate of drug-likeness (QED) is 0.460. The van der Waals surface area contributed by atoms with Gasteiger partial charge >= 0.3 is 0 Å². The number of amides is 1. The summed E-state index contributed by atoms with van der Waals surface area (Å²) in [5.74, 6) is 0.517. The van der Waals surface area contributed by atoms with E-state index in [1.165, 1.54) is 29.1 Å². The zero-order valence-electron chi connectivity index (χ0n) is 22.1. The molecule has 5 rings (SSSR count). The minimum atomic E-state index is -3.96. The highest BCUT2D eigenvalue weighted by atomic mass is 32.2. The fraction of sp³-hybridized carbons (Fsp3) is 0.345. The Hall–Kier alpha value is -3.60. The van der Waals surface area contributed by atoms with Crippen LogP contribution < -0.4 is 19.1 Å². The first-order valence-electron chi connectivity index (χ1n) is 12.9. The van der Waals surface area contributed by atoms with Crippen molar-refractivity contribution in [1.82, 2.24) is 10.2 Å². The Balaban J connectivity index is 1.28. The van der Waals surface area contributed by atoms with Gasteiger partial charge in [-0.25, -0.2) is 8.42 Å². The normalized spacial score (nSPS) is 17.7. The summed E-state index contributed by atoms with van der Waals surface area (Å²) in [6.07, 6.45) is -1.01. The van der Waals surface area contributed by atoms with Crippen molar-refractivity contribution in [2.45, 2.75) is 31.0 Å². The maximum atomic E-state index is 13.7. The molecule has 39 heavy (non-hydrogen) atoms. The van der Waals surface area contributed by atoms with Gasteiger partial charge in [-0.05, 0) is 60.0 Å². The van der Waals surface area contributed by atoms with Gasteiger partial charge in [0, 0.05) is 26.2 Å². The van der Waals surface area contributed by atoms with Gasteiger partial charge in [0.2, 0.25) is 0 Å². The number of fused-ring (bicyclic) bond motifs is 1. The maximum Gasteiger partial charge on any atom is 0.264 e. The summed E-state index contributed by atoms with van der Waals surface area (Å²) in [6.45, 7) is 6.27. The summed E-state index contributed by atoms with van der Waals surface area (Å²) >= 11 is 0. The van der Waals surface area contributed by atoms with Gasteiger partial charge in [-0.2, -0.15) is 0 Å². The fourth-order valence-electron chi connectivity index (χ4n) is 4.68. The molecule has 0 spiro atoms. The molecule has 9 nitrogen and oxygen atoms in total. The van der Waals surface area contributed by atoms with Gasteiger partial charge in [0.15, 0.2) is 6.10 Å². The Morgan fingerprint density at radius 1 is 1.00 bits per heavy atom. The summed E-state index contributed by atoms with van der Waals surface area (Å²) in [6, 6.07) is 19.6. The smallest absolute Gasteiger partial charge is 0.264 e. The lowest BCUT2D eigenvalue weighted by Gasteiger charge is -2.35. The van der Waals surface area contributed by atoms with Crippen molar-refractivity contribution in [2.24, 2.45) is 0 Å². The van der Waals surface area contributed by atoms with Crippen molar-refractivity contribution in [3.05, 3.63) is 83.4 Å². The van der Waals surface area contributed by atoms with Crippen LogP contribution in [0.1, 0.15) is 16.7 Å². The summed E-state index contributed by atoms with van der Waals surface area (Å²) in [4.78, 5) is 15.6. The van der Waals surface area contributed by atoms with Gasteiger partial charge in [-0.3, -0.25) is 14.0 Å². The number of benzene rings is 3. The Morgan fingerprint density at radius 2 is 1.69 bits per heavy atom. The summed E-state index contributed by atoms with van der Waals surface area (Å²) in [5, 5.41) is 2.91. The number of hydrogen-bond acceptors (Lipinski definition) is 7. The molecular formula is C29H33N3O6S. The van der Waals surface area contributed by atoms with Crippen LogP contribution in [0.25, 0.3) is 0 Å². The molecule has 3 aromatic carbocycles. The van der Waals surface area contributed by atoms with Crippen LogP contribution >= 0.6 is 0 Å². The van der Waals surface area contributed by atoms with Crippen LogP contribution in [0.2, 0.25) is 0 Å². The lowest BCUT2D eigenvalue weighted by Crippen LogP contribution is -2.50. The van der Waals surface area contributed by atoms with Crippen molar-refractivity contribution >= 4 is 21.6 Å². The largest absolute Gasteiger partial charge is 0.497 e. The zero-order chi connectivity index (χ0) is 27.4. The number of methoxy groups -OCH3 is 1. The molecule has 2 aliphatic heterocycles. The minimum absolute atomic E-state index is 0.106. The van der Waals surface area contributed by atoms with E-state index in [1.807, 2.05) is 25.1 Å². The number of hydrogen-bond donors (Lipinski definition) is 1. The number of rotatable bonds is 8. The standard InChI is InChI=1S/C29H33N3O6S/c1-21-3-12-27-26(17-21)32(39(34,35)25-10-8-24(36-2)9-11-25)20-28(38-27)29(33)30-18-22-4-6-23(7-5-22)19-31-13-15-37-16-14-31/h3-12,17,28H,13-16,18-20H2,1-2H3,(H,30,33)/t28-/m0/s1. The molecule has 0 aliphatic carbocycles. The number of morpholine rings is 1. The van der Waals surface area contributed by atoms with Gasteiger partial charge in [0.05, 0.1) is 37.5 Å². The van der Waals surface area contributed by atoms with E-state index in [9.17, 15) is 13.2 Å². The topological polar surface area (TPSA) is 97.4 Å². The van der Waals surface area contributed by atoms with E-state index in [-0.39, 0.29) is 17.3 Å². The summed E-state index contributed by atoms with van der Waals surface area (Å²) < 4.78 is 45.2. The van der Waals surface area contributed by atoms with Crippen LogP contribution in [0.15, 0.2) is 71.6 Å². The zero-order valence-corrected chi connectivity index (χ0v) is 22.9. The molecule has 0 saturated carbocycles. The molecule has 1 atom stereocenters. The average molecular weight is 552 g/mol. The van der Waals surface area contributed by atoms with E-state index in [0.717, 1.165) is 44.0 Å². The highest BCUT2D eigenvalue weighted by Gasteiger charge is 2.37. The predicted octanol–water partition coefficient (Wildman–Crippen LogP) is 3.11. The molecule has 2 heterocycles. The van der Waals surface area contributed by atoms with Gasteiger partial charge in [-0.1, -0.05) is 30.3 Å². The number of sulfonamides is 1. The SMILES string of the molecule is COc1ccc(S(=O)(=O)N2C[C@@H](C(=O)NCc3ccc(CN4CCOCC4)cc3)Oc3ccc(C)cc32)cc1. The molecule has 0 unspecified atom stereocenters. The van der Waals surface area contributed by atoms with Gasteiger partial charge in [0.1, 0.15) is 11.5 Å². The molecule has 0 radical (unpaired) electrons. The number of anilines is 1. The number of nitrogens with zero attached hydrogens (tertiary/aromatic N) is 2. The van der Waals surface area contributed by atoms with Crippen LogP contribution in [-0.2, 0) is 32.6 Å². The highest BCUT2D eigenvalue weighted by molar-refractivity contribution is 7.92. The molecule has 1 N–H and O–H groups in total. The van der Waals surface area contributed by atoms with E-state index < -0.39 is 16.1 Å². The predicted molar refractivity (Wildman–Crippen MR) is 148 cm³/mol. The minimum Gasteiger partial charge on any atom is -0.497 e. The number of carbonyl (C=O) groups is 1. The Bertz CT molecular complexity index is 1400. The van der Waals surface area contributed by atoms with E-state index in [1.54, 1.807) is 24.3 Å². The molecule has 2 aliphatic rings. The van der Waals surface area contributed by atoms with Gasteiger partial charge < -0.3 is 19.5 Å². The third kappa shape index (κ3) is 6.19. The van der Waals surface area contributed by atoms with Crippen molar-refractivity contribution in [1.29, 1.82) is 0 Å². The Labute approximate surface area is 229 Å². The average Bonchev–Trinajstić information content (AvgIpc) is 2.96. The highest BCUT2D eigenvalue weighted by Crippen LogP contribution is 2.38. The van der Waals surface area contributed by atoms with E-state index >= 15 is 0 Å². The van der Waals surface area contributed by atoms with Crippen LogP contribution in [-0.4, -0.2) is 65.3 Å². The molecular weight excluding hydrogens is 518 g/mol. The molecule has 1 saturated heterocycles. The van der Waals surface area contributed by atoms with Crippen molar-refractivity contribution in [2.75, 3.05) is 44.3 Å². The third-order valence-corrected chi connectivity index (χ3v) is 8.72. The lowest BCUT2D eigenvalue weighted by atomic mass is 10.1. The molecule has 0 bridgehead atoms. The number of carbonyl (C=O) groups excluding carboxylic acids is 1. The first kappa shape index (κ1) is 27.0. The van der Waals surface area contributed by atoms with E-state index in [2.05, 4.69) is 22.3 Å². The maximum absolute atomic E-state index is 13.7. The molecule has 1 fully saturated rings. The monoisotopic (exact) mass is 551 g/mol. The summed E-state index contributed by atoms with van der Waals surface area (Å²) in [7, 11) is -2.44. The number of nitrogens with one attached hydrogen (secondary N) is 1. The van der Waals surface area contributed by atoms with Crippen LogP contribution in [0.5, 0.6) is 11.5 Å². The van der Waals surface area contributed by atoms with Crippen molar-refractivity contribution < 1.29 is 27.4 Å². The summed E-state index contributed by atoms with van der Waals surface area (Å²) in [5.41, 5.74) is 3.44. The second-order valence-electron chi connectivity index (χ2n) is 9.71. The lowest BCUT2D eigenvalue weighted by molar-refractivity contribution is -0.127. The van der Waals surface area contributed by atoms with Crippen LogP contribution in [0.3, 0.4) is 0 Å². The Kier molecular flexibility index (Phi) is 8.06. The van der Waals surface area contributed by atoms with Crippen molar-refractivity contribution in [3.8, 4) is 11.5 Å². The van der Waals surface area contributed by atoms with Gasteiger partial charge in [-0.15, -0.1) is 0 Å². The molecule has 206 valence electrons. The number of aryl methyl sites for hydroxylation is 1. The molecule has 0 aromatic heterocycles. The van der Waals surface area contributed by atoms with Crippen LogP contribution in [0.4, 0.5) is 5.69 Å². The first-order valence-corrected chi connectivity index (χ1v) is 14.4. The van der Waals surface area contributed by atoms with Crippen LogP contribution in [0, 0.1) is 6.92 Å². The third-order valence-electron chi connectivity index (χ3n) is 6.92. The van der Waals surface area contributed by atoms with Gasteiger partial charge in [0.25, 0.3) is 15.9 Å². The van der Waals surface area contributed by atoms with Crippen molar-refractivity contribution in [3.63, 3.8) is 0 Å². The Morgan fingerprint density at radius 3 is 2.38 bits per heavy atom. The molecule has 3 aromatic rings.